The minimum Gasteiger partial charge on any atom is -0.507 e. The Morgan fingerprint density at radius 3 is 2.58 bits per heavy atom. The molecule has 0 saturated carbocycles. The lowest BCUT2D eigenvalue weighted by molar-refractivity contribution is 0.473. The summed E-state index contributed by atoms with van der Waals surface area (Å²) >= 11 is 0. The molecule has 0 spiro atoms. The molecule has 0 radical (unpaired) electrons. The van der Waals surface area contributed by atoms with Crippen LogP contribution in [-0.2, 0) is 6.42 Å². The van der Waals surface area contributed by atoms with Gasteiger partial charge in [0.05, 0.1) is 0 Å². The Morgan fingerprint density at radius 1 is 1.50 bits per heavy atom. The molecule has 1 nitrogen and oxygen atoms in total. The fraction of sp³-hybridized carbons (Fsp3) is 0.273. The lowest BCUT2D eigenvalue weighted by atomic mass is 10.0. The van der Waals surface area contributed by atoms with E-state index in [9.17, 15) is 5.11 Å². The molecule has 1 rings (SSSR count). The first kappa shape index (κ1) is 8.85. The van der Waals surface area contributed by atoms with Crippen LogP contribution in [0.4, 0.5) is 0 Å². The zero-order valence-electron chi connectivity index (χ0n) is 7.59. The normalized spacial score (nSPS) is 9.83. The van der Waals surface area contributed by atoms with Crippen LogP contribution < -0.4 is 0 Å². The fourth-order valence-electron chi connectivity index (χ4n) is 1.16. The van der Waals surface area contributed by atoms with Gasteiger partial charge in [0, 0.05) is 5.56 Å². The Hall–Kier alpha value is -1.24. The summed E-state index contributed by atoms with van der Waals surface area (Å²) in [4.78, 5) is 0. The molecule has 1 aromatic rings. The van der Waals surface area contributed by atoms with Crippen LogP contribution in [0.25, 0.3) is 5.57 Å². The number of phenols is 1. The Balaban J connectivity index is 3.12. The van der Waals surface area contributed by atoms with Crippen molar-refractivity contribution in [2.75, 3.05) is 0 Å². The quantitative estimate of drug-likeness (QED) is 0.708. The van der Waals surface area contributed by atoms with Gasteiger partial charge in [0.25, 0.3) is 0 Å². The summed E-state index contributed by atoms with van der Waals surface area (Å²) in [7, 11) is 0. The van der Waals surface area contributed by atoms with Crippen LogP contribution >= 0.6 is 0 Å². The van der Waals surface area contributed by atoms with E-state index >= 15 is 0 Å². The molecule has 64 valence electrons. The summed E-state index contributed by atoms with van der Waals surface area (Å²) in [6.45, 7) is 7.74. The maximum atomic E-state index is 9.53. The molecule has 0 bridgehead atoms. The van der Waals surface area contributed by atoms with Crippen molar-refractivity contribution in [1.82, 2.24) is 0 Å². The molecule has 0 aliphatic heterocycles. The van der Waals surface area contributed by atoms with E-state index in [2.05, 4.69) is 13.5 Å². The molecule has 0 fully saturated rings. The van der Waals surface area contributed by atoms with Crippen LogP contribution in [0.2, 0.25) is 0 Å². The first-order valence-electron chi connectivity index (χ1n) is 4.13. The van der Waals surface area contributed by atoms with Crippen molar-refractivity contribution in [3.05, 3.63) is 35.9 Å². The zero-order chi connectivity index (χ0) is 9.14. The molecular formula is C11H14O. The van der Waals surface area contributed by atoms with Gasteiger partial charge in [-0.3, -0.25) is 0 Å². The van der Waals surface area contributed by atoms with E-state index in [4.69, 9.17) is 0 Å². The smallest absolute Gasteiger partial charge is 0.123 e. The SMILES string of the molecule is C=C(C)c1ccc(CC)cc1O. The first-order valence-corrected chi connectivity index (χ1v) is 4.13. The second-order valence-electron chi connectivity index (χ2n) is 2.99. The Morgan fingerprint density at radius 2 is 2.17 bits per heavy atom. The third-order valence-electron chi connectivity index (χ3n) is 1.93. The molecule has 1 N–H and O–H groups in total. The predicted octanol–water partition coefficient (Wildman–Crippen LogP) is 2.99. The lowest BCUT2D eigenvalue weighted by Gasteiger charge is -2.04. The van der Waals surface area contributed by atoms with Gasteiger partial charge < -0.3 is 5.11 Å². The van der Waals surface area contributed by atoms with Crippen molar-refractivity contribution in [1.29, 1.82) is 0 Å². The highest BCUT2D eigenvalue weighted by molar-refractivity contribution is 5.67. The topological polar surface area (TPSA) is 20.2 Å². The first-order chi connectivity index (χ1) is 5.65. The summed E-state index contributed by atoms with van der Waals surface area (Å²) in [6.07, 6.45) is 0.948. The number of phenolic OH excluding ortho intramolecular Hbond substituents is 1. The van der Waals surface area contributed by atoms with E-state index in [0.29, 0.717) is 5.75 Å². The molecule has 0 aromatic heterocycles. The molecule has 0 amide bonds. The van der Waals surface area contributed by atoms with Gasteiger partial charge in [-0.15, -0.1) is 0 Å². The van der Waals surface area contributed by atoms with E-state index in [1.807, 2.05) is 19.1 Å². The summed E-state index contributed by atoms with van der Waals surface area (Å²) in [5.41, 5.74) is 2.89. The Bertz CT molecular complexity index is 300. The van der Waals surface area contributed by atoms with Gasteiger partial charge in [-0.05, 0) is 30.5 Å². The molecule has 0 aliphatic rings. The third-order valence-corrected chi connectivity index (χ3v) is 1.93. The third kappa shape index (κ3) is 1.67. The monoisotopic (exact) mass is 162 g/mol. The van der Waals surface area contributed by atoms with Crippen molar-refractivity contribution in [3.8, 4) is 5.75 Å². The van der Waals surface area contributed by atoms with Crippen molar-refractivity contribution in [2.45, 2.75) is 20.3 Å². The Kier molecular flexibility index (Phi) is 2.54. The predicted molar refractivity (Wildman–Crippen MR) is 52.2 cm³/mol. The molecule has 12 heavy (non-hydrogen) atoms. The summed E-state index contributed by atoms with van der Waals surface area (Å²) in [5, 5.41) is 9.53. The number of aromatic hydroxyl groups is 1. The van der Waals surface area contributed by atoms with Gasteiger partial charge >= 0.3 is 0 Å². The molecular weight excluding hydrogens is 148 g/mol. The van der Waals surface area contributed by atoms with Crippen LogP contribution in [0.3, 0.4) is 0 Å². The fourth-order valence-corrected chi connectivity index (χ4v) is 1.16. The molecule has 0 unspecified atom stereocenters. The van der Waals surface area contributed by atoms with Gasteiger partial charge in [0.2, 0.25) is 0 Å². The minimum atomic E-state index is 0.335. The van der Waals surface area contributed by atoms with Gasteiger partial charge in [-0.1, -0.05) is 25.6 Å². The molecule has 0 heterocycles. The number of hydrogen-bond acceptors (Lipinski definition) is 1. The average molecular weight is 162 g/mol. The van der Waals surface area contributed by atoms with Crippen molar-refractivity contribution < 1.29 is 5.11 Å². The maximum Gasteiger partial charge on any atom is 0.123 e. The van der Waals surface area contributed by atoms with Crippen LogP contribution in [-0.4, -0.2) is 5.11 Å². The van der Waals surface area contributed by atoms with Crippen molar-refractivity contribution in [2.24, 2.45) is 0 Å². The van der Waals surface area contributed by atoms with Crippen LogP contribution in [0, 0.1) is 0 Å². The van der Waals surface area contributed by atoms with E-state index < -0.39 is 0 Å². The average Bonchev–Trinajstić information content (AvgIpc) is 2.03. The molecule has 1 heteroatoms. The van der Waals surface area contributed by atoms with Crippen LogP contribution in [0.1, 0.15) is 25.0 Å². The summed E-state index contributed by atoms with van der Waals surface area (Å²) in [5.74, 6) is 0.335. The van der Waals surface area contributed by atoms with Gasteiger partial charge in [-0.25, -0.2) is 0 Å². The number of hydrogen-bond donors (Lipinski definition) is 1. The van der Waals surface area contributed by atoms with Crippen LogP contribution in [0.5, 0.6) is 5.75 Å². The van der Waals surface area contributed by atoms with E-state index in [0.717, 1.165) is 23.1 Å². The highest BCUT2D eigenvalue weighted by atomic mass is 16.3. The van der Waals surface area contributed by atoms with E-state index in [1.165, 1.54) is 0 Å². The molecule has 1 aromatic carbocycles. The highest BCUT2D eigenvalue weighted by Crippen LogP contribution is 2.24. The van der Waals surface area contributed by atoms with Crippen molar-refractivity contribution >= 4 is 5.57 Å². The van der Waals surface area contributed by atoms with Crippen molar-refractivity contribution in [3.63, 3.8) is 0 Å². The second-order valence-corrected chi connectivity index (χ2v) is 2.99. The standard InChI is InChI=1S/C11H14O/c1-4-9-5-6-10(8(2)3)11(12)7-9/h5-7,12H,2,4H2,1,3H3. The van der Waals surface area contributed by atoms with Crippen LogP contribution in [0.15, 0.2) is 24.8 Å². The van der Waals surface area contributed by atoms with Gasteiger partial charge in [0.15, 0.2) is 0 Å². The van der Waals surface area contributed by atoms with E-state index in [-0.39, 0.29) is 0 Å². The zero-order valence-corrected chi connectivity index (χ0v) is 7.59. The molecule has 0 saturated heterocycles. The number of rotatable bonds is 2. The minimum absolute atomic E-state index is 0.335. The summed E-state index contributed by atoms with van der Waals surface area (Å²) < 4.78 is 0. The molecule has 0 atom stereocenters. The number of benzene rings is 1. The largest absolute Gasteiger partial charge is 0.507 e. The highest BCUT2D eigenvalue weighted by Gasteiger charge is 2.01. The number of allylic oxidation sites excluding steroid dienone is 1. The molecule has 0 aliphatic carbocycles. The summed E-state index contributed by atoms with van der Waals surface area (Å²) in [6, 6.07) is 5.73. The number of aryl methyl sites for hydroxylation is 1. The lowest BCUT2D eigenvalue weighted by Crippen LogP contribution is -1.83. The second kappa shape index (κ2) is 3.44. The van der Waals surface area contributed by atoms with E-state index in [1.54, 1.807) is 6.07 Å². The maximum absolute atomic E-state index is 9.53. The Labute approximate surface area is 73.4 Å². The van der Waals surface area contributed by atoms with Gasteiger partial charge in [-0.2, -0.15) is 0 Å². The van der Waals surface area contributed by atoms with Gasteiger partial charge in [0.1, 0.15) is 5.75 Å².